The molecule has 1 aromatic carbocycles. The van der Waals surface area contributed by atoms with Crippen LogP contribution in [-0.2, 0) is 16.0 Å². The van der Waals surface area contributed by atoms with E-state index in [-0.39, 0.29) is 12.1 Å². The van der Waals surface area contributed by atoms with E-state index in [0.717, 1.165) is 30.9 Å². The Labute approximate surface area is 107 Å². The van der Waals surface area contributed by atoms with Crippen LogP contribution >= 0.6 is 0 Å². The highest BCUT2D eigenvalue weighted by molar-refractivity contribution is 5.79. The summed E-state index contributed by atoms with van der Waals surface area (Å²) in [7, 11) is 1.63. The molecule has 0 aromatic heterocycles. The van der Waals surface area contributed by atoms with E-state index in [2.05, 4.69) is 0 Å². The molecule has 4 nitrogen and oxygen atoms in total. The molecule has 0 saturated carbocycles. The topological polar surface area (TPSA) is 38.8 Å². The summed E-state index contributed by atoms with van der Waals surface area (Å²) in [5, 5.41) is 0. The van der Waals surface area contributed by atoms with Crippen molar-refractivity contribution in [2.24, 2.45) is 0 Å². The van der Waals surface area contributed by atoms with E-state index in [0.29, 0.717) is 6.42 Å². The van der Waals surface area contributed by atoms with Crippen molar-refractivity contribution in [2.45, 2.75) is 26.0 Å². The fourth-order valence-corrected chi connectivity index (χ4v) is 2.15. The predicted octanol–water partition coefficient (Wildman–Crippen LogP) is 1.83. The number of methoxy groups -OCH3 is 1. The largest absolute Gasteiger partial charge is 0.497 e. The van der Waals surface area contributed by atoms with Gasteiger partial charge >= 0.3 is 0 Å². The molecule has 1 heterocycles. The molecular formula is C14H19NO3. The third kappa shape index (κ3) is 3.01. The first-order valence-electron chi connectivity index (χ1n) is 6.24. The molecule has 18 heavy (non-hydrogen) atoms. The van der Waals surface area contributed by atoms with Crippen LogP contribution in [0.25, 0.3) is 0 Å². The molecule has 0 N–H and O–H groups in total. The molecule has 0 bridgehead atoms. The molecule has 98 valence electrons. The van der Waals surface area contributed by atoms with Crippen LogP contribution in [0.15, 0.2) is 24.3 Å². The average Bonchev–Trinajstić information content (AvgIpc) is 2.39. The number of amides is 1. The van der Waals surface area contributed by atoms with E-state index < -0.39 is 0 Å². The Hall–Kier alpha value is -1.55. The van der Waals surface area contributed by atoms with Crippen molar-refractivity contribution in [3.8, 4) is 5.75 Å². The fourth-order valence-electron chi connectivity index (χ4n) is 2.15. The van der Waals surface area contributed by atoms with Crippen molar-refractivity contribution >= 4 is 5.91 Å². The molecule has 4 heteroatoms. The van der Waals surface area contributed by atoms with Crippen molar-refractivity contribution in [1.29, 1.82) is 0 Å². The summed E-state index contributed by atoms with van der Waals surface area (Å²) in [6.07, 6.45) is 1.19. The second kappa shape index (κ2) is 5.87. The number of benzene rings is 1. The highest BCUT2D eigenvalue weighted by Crippen LogP contribution is 2.16. The third-order valence-corrected chi connectivity index (χ3v) is 3.15. The molecule has 1 saturated heterocycles. The van der Waals surface area contributed by atoms with Gasteiger partial charge in [-0.2, -0.15) is 0 Å². The van der Waals surface area contributed by atoms with Gasteiger partial charge in [0, 0.05) is 6.54 Å². The Morgan fingerprint density at radius 1 is 1.56 bits per heavy atom. The van der Waals surface area contributed by atoms with Crippen LogP contribution in [0.3, 0.4) is 0 Å². The summed E-state index contributed by atoms with van der Waals surface area (Å²) in [6.45, 7) is 3.44. The predicted molar refractivity (Wildman–Crippen MR) is 68.4 cm³/mol. The Bertz CT molecular complexity index is 419. The average molecular weight is 249 g/mol. The van der Waals surface area contributed by atoms with E-state index in [1.807, 2.05) is 31.2 Å². The smallest absolute Gasteiger partial charge is 0.229 e. The quantitative estimate of drug-likeness (QED) is 0.820. The van der Waals surface area contributed by atoms with Gasteiger partial charge in [0.05, 0.1) is 20.1 Å². The SMILES string of the molecule is COc1cccc(CC(=O)N2CCCOC2C)c1. The van der Waals surface area contributed by atoms with Gasteiger partial charge in [0.2, 0.25) is 5.91 Å². The minimum atomic E-state index is -0.114. The number of nitrogens with zero attached hydrogens (tertiary/aromatic N) is 1. The standard InChI is InChI=1S/C14H19NO3/c1-11-15(7-4-8-18-11)14(16)10-12-5-3-6-13(9-12)17-2/h3,5-6,9,11H,4,7-8,10H2,1-2H3. The second-order valence-electron chi connectivity index (χ2n) is 4.44. The zero-order valence-corrected chi connectivity index (χ0v) is 10.9. The Morgan fingerprint density at radius 2 is 2.39 bits per heavy atom. The Morgan fingerprint density at radius 3 is 3.11 bits per heavy atom. The number of carbonyl (C=O) groups is 1. The Balaban J connectivity index is 2.01. The first-order valence-corrected chi connectivity index (χ1v) is 6.24. The van der Waals surface area contributed by atoms with E-state index in [9.17, 15) is 4.79 Å². The molecule has 1 aromatic rings. The van der Waals surface area contributed by atoms with Crippen molar-refractivity contribution < 1.29 is 14.3 Å². The van der Waals surface area contributed by atoms with Gasteiger partial charge in [-0.05, 0) is 31.0 Å². The molecule has 1 amide bonds. The maximum absolute atomic E-state index is 12.2. The van der Waals surface area contributed by atoms with Gasteiger partial charge in [-0.25, -0.2) is 0 Å². The monoisotopic (exact) mass is 249 g/mol. The molecule has 1 aliphatic heterocycles. The highest BCUT2D eigenvalue weighted by Gasteiger charge is 2.23. The van der Waals surface area contributed by atoms with Crippen molar-refractivity contribution in [3.63, 3.8) is 0 Å². The van der Waals surface area contributed by atoms with E-state index in [1.165, 1.54) is 0 Å². The number of hydrogen-bond acceptors (Lipinski definition) is 3. The zero-order chi connectivity index (χ0) is 13.0. The van der Waals surface area contributed by atoms with Gasteiger partial charge in [0.1, 0.15) is 12.0 Å². The van der Waals surface area contributed by atoms with Crippen LogP contribution in [0.1, 0.15) is 18.9 Å². The van der Waals surface area contributed by atoms with Gasteiger partial charge < -0.3 is 14.4 Å². The first kappa shape index (κ1) is 12.9. The maximum Gasteiger partial charge on any atom is 0.229 e. The van der Waals surface area contributed by atoms with Gasteiger partial charge in [0.15, 0.2) is 0 Å². The summed E-state index contributed by atoms with van der Waals surface area (Å²) < 4.78 is 10.6. The van der Waals surface area contributed by atoms with Crippen LogP contribution in [0.5, 0.6) is 5.75 Å². The number of ether oxygens (including phenoxy) is 2. The highest BCUT2D eigenvalue weighted by atomic mass is 16.5. The molecule has 0 spiro atoms. The van der Waals surface area contributed by atoms with Gasteiger partial charge in [-0.3, -0.25) is 4.79 Å². The summed E-state index contributed by atoms with van der Waals surface area (Å²) in [4.78, 5) is 14.0. The summed E-state index contributed by atoms with van der Waals surface area (Å²) in [5.74, 6) is 0.888. The summed E-state index contributed by atoms with van der Waals surface area (Å²) in [6, 6.07) is 7.61. The molecule has 1 atom stereocenters. The van der Waals surface area contributed by atoms with Crippen LogP contribution in [0, 0.1) is 0 Å². The maximum atomic E-state index is 12.2. The lowest BCUT2D eigenvalue weighted by Gasteiger charge is -2.33. The van der Waals surface area contributed by atoms with E-state index in [1.54, 1.807) is 12.0 Å². The zero-order valence-electron chi connectivity index (χ0n) is 10.9. The van der Waals surface area contributed by atoms with Crippen LogP contribution in [0.2, 0.25) is 0 Å². The molecule has 2 rings (SSSR count). The van der Waals surface area contributed by atoms with Gasteiger partial charge in [-0.15, -0.1) is 0 Å². The normalized spacial score (nSPS) is 19.7. The number of rotatable bonds is 3. The Kier molecular flexibility index (Phi) is 4.20. The third-order valence-electron chi connectivity index (χ3n) is 3.15. The molecule has 1 unspecified atom stereocenters. The van der Waals surface area contributed by atoms with Crippen molar-refractivity contribution in [3.05, 3.63) is 29.8 Å². The van der Waals surface area contributed by atoms with Crippen LogP contribution in [0.4, 0.5) is 0 Å². The van der Waals surface area contributed by atoms with E-state index >= 15 is 0 Å². The molecule has 1 aliphatic rings. The molecule has 0 aliphatic carbocycles. The molecule has 1 fully saturated rings. The van der Waals surface area contributed by atoms with Crippen LogP contribution in [-0.4, -0.2) is 37.3 Å². The second-order valence-corrected chi connectivity index (χ2v) is 4.44. The number of carbonyl (C=O) groups excluding carboxylic acids is 1. The summed E-state index contributed by atoms with van der Waals surface area (Å²) >= 11 is 0. The first-order chi connectivity index (χ1) is 8.70. The molecule has 0 radical (unpaired) electrons. The van der Waals surface area contributed by atoms with Crippen molar-refractivity contribution in [2.75, 3.05) is 20.3 Å². The fraction of sp³-hybridized carbons (Fsp3) is 0.500. The number of hydrogen-bond donors (Lipinski definition) is 0. The minimum Gasteiger partial charge on any atom is -0.497 e. The van der Waals surface area contributed by atoms with Gasteiger partial charge in [0.25, 0.3) is 0 Å². The summed E-state index contributed by atoms with van der Waals surface area (Å²) in [5.41, 5.74) is 0.970. The van der Waals surface area contributed by atoms with Crippen molar-refractivity contribution in [1.82, 2.24) is 4.90 Å². The van der Waals surface area contributed by atoms with Gasteiger partial charge in [-0.1, -0.05) is 12.1 Å². The lowest BCUT2D eigenvalue weighted by atomic mass is 10.1. The minimum absolute atomic E-state index is 0.107. The lowest BCUT2D eigenvalue weighted by molar-refractivity contribution is -0.151. The van der Waals surface area contributed by atoms with E-state index in [4.69, 9.17) is 9.47 Å². The molecular weight excluding hydrogens is 230 g/mol. The van der Waals surface area contributed by atoms with Crippen LogP contribution < -0.4 is 4.74 Å². The lowest BCUT2D eigenvalue weighted by Crippen LogP contribution is -2.45.